The molecule has 5 unspecified atom stereocenters. The predicted molar refractivity (Wildman–Crippen MR) is 76.7 cm³/mol. The molecule has 2 heteroatoms. The Morgan fingerprint density at radius 3 is 2.67 bits per heavy atom. The van der Waals surface area contributed by atoms with Gasteiger partial charge in [0.2, 0.25) is 0 Å². The van der Waals surface area contributed by atoms with E-state index < -0.39 is 0 Å². The summed E-state index contributed by atoms with van der Waals surface area (Å²) in [6.45, 7) is 7.35. The van der Waals surface area contributed by atoms with Crippen molar-refractivity contribution < 1.29 is 0 Å². The molecule has 1 aliphatic heterocycles. The van der Waals surface area contributed by atoms with Gasteiger partial charge in [0.1, 0.15) is 0 Å². The molecule has 2 aliphatic carbocycles. The standard InChI is InChI=1S/C16H30N2/c1-3-8-17-15-7-4-12(2)9-16(15)18-11-13-5-6-14(18)10-13/h12-17H,3-11H2,1-2H3. The molecule has 2 saturated carbocycles. The van der Waals surface area contributed by atoms with Gasteiger partial charge in [0.15, 0.2) is 0 Å². The summed E-state index contributed by atoms with van der Waals surface area (Å²) in [7, 11) is 0. The number of rotatable bonds is 4. The Morgan fingerprint density at radius 2 is 2.00 bits per heavy atom. The van der Waals surface area contributed by atoms with E-state index in [2.05, 4.69) is 24.1 Å². The van der Waals surface area contributed by atoms with Crippen LogP contribution in [0, 0.1) is 11.8 Å². The van der Waals surface area contributed by atoms with Crippen molar-refractivity contribution in [2.75, 3.05) is 13.1 Å². The van der Waals surface area contributed by atoms with Crippen LogP contribution in [0.3, 0.4) is 0 Å². The lowest BCUT2D eigenvalue weighted by Gasteiger charge is -2.44. The minimum atomic E-state index is 0.778. The Labute approximate surface area is 113 Å². The fourth-order valence-corrected chi connectivity index (χ4v) is 4.65. The highest BCUT2D eigenvalue weighted by Crippen LogP contribution is 2.41. The van der Waals surface area contributed by atoms with Gasteiger partial charge in [0.25, 0.3) is 0 Å². The number of fused-ring (bicyclic) bond motifs is 2. The first-order chi connectivity index (χ1) is 8.78. The van der Waals surface area contributed by atoms with Gasteiger partial charge in [0.05, 0.1) is 0 Å². The van der Waals surface area contributed by atoms with E-state index >= 15 is 0 Å². The molecule has 1 N–H and O–H groups in total. The molecule has 3 fully saturated rings. The van der Waals surface area contributed by atoms with Gasteiger partial charge in [-0.05, 0) is 63.3 Å². The second-order valence-corrected chi connectivity index (χ2v) is 7.08. The zero-order valence-corrected chi connectivity index (χ0v) is 12.2. The summed E-state index contributed by atoms with van der Waals surface area (Å²) in [5.41, 5.74) is 0. The van der Waals surface area contributed by atoms with Crippen molar-refractivity contribution in [2.24, 2.45) is 11.8 Å². The fraction of sp³-hybridized carbons (Fsp3) is 1.00. The fourth-order valence-electron chi connectivity index (χ4n) is 4.65. The maximum Gasteiger partial charge on any atom is 0.0254 e. The second kappa shape index (κ2) is 5.50. The molecular formula is C16H30N2. The van der Waals surface area contributed by atoms with E-state index in [1.54, 1.807) is 0 Å². The zero-order valence-electron chi connectivity index (χ0n) is 12.2. The van der Waals surface area contributed by atoms with E-state index in [1.165, 1.54) is 58.0 Å². The molecule has 0 aromatic carbocycles. The van der Waals surface area contributed by atoms with Crippen molar-refractivity contribution in [1.82, 2.24) is 10.2 Å². The Kier molecular flexibility index (Phi) is 3.95. The maximum atomic E-state index is 3.84. The van der Waals surface area contributed by atoms with E-state index in [0.29, 0.717) is 0 Å². The summed E-state index contributed by atoms with van der Waals surface area (Å²) in [5, 5.41) is 3.84. The third-order valence-corrected chi connectivity index (χ3v) is 5.61. The quantitative estimate of drug-likeness (QED) is 0.825. The number of nitrogens with one attached hydrogen (secondary N) is 1. The van der Waals surface area contributed by atoms with Crippen LogP contribution >= 0.6 is 0 Å². The average Bonchev–Trinajstić information content (AvgIpc) is 2.99. The van der Waals surface area contributed by atoms with Crippen molar-refractivity contribution in [3.63, 3.8) is 0 Å². The van der Waals surface area contributed by atoms with Crippen molar-refractivity contribution >= 4 is 0 Å². The lowest BCUT2D eigenvalue weighted by molar-refractivity contribution is 0.0739. The molecule has 0 spiro atoms. The minimum Gasteiger partial charge on any atom is -0.312 e. The van der Waals surface area contributed by atoms with Crippen LogP contribution in [0.1, 0.15) is 58.8 Å². The summed E-state index contributed by atoms with van der Waals surface area (Å²) >= 11 is 0. The topological polar surface area (TPSA) is 15.3 Å². The summed E-state index contributed by atoms with van der Waals surface area (Å²) in [5.74, 6) is 1.98. The van der Waals surface area contributed by atoms with Gasteiger partial charge in [-0.25, -0.2) is 0 Å². The molecule has 3 rings (SSSR count). The molecule has 1 saturated heterocycles. The Bertz CT molecular complexity index is 276. The van der Waals surface area contributed by atoms with Crippen LogP contribution in [-0.2, 0) is 0 Å². The van der Waals surface area contributed by atoms with Gasteiger partial charge in [0, 0.05) is 24.7 Å². The number of likely N-dealkylation sites (tertiary alicyclic amines) is 1. The first-order valence-electron chi connectivity index (χ1n) is 8.27. The number of hydrogen-bond acceptors (Lipinski definition) is 2. The third kappa shape index (κ3) is 2.46. The summed E-state index contributed by atoms with van der Waals surface area (Å²) in [6.07, 6.45) is 10.0. The van der Waals surface area contributed by atoms with E-state index in [0.717, 1.165) is 30.0 Å². The summed E-state index contributed by atoms with van der Waals surface area (Å²) < 4.78 is 0. The van der Waals surface area contributed by atoms with Crippen LogP contribution in [0.5, 0.6) is 0 Å². The molecule has 2 nitrogen and oxygen atoms in total. The highest BCUT2D eigenvalue weighted by Gasteiger charge is 2.44. The van der Waals surface area contributed by atoms with Gasteiger partial charge in [-0.2, -0.15) is 0 Å². The molecule has 0 aromatic heterocycles. The molecular weight excluding hydrogens is 220 g/mol. The zero-order chi connectivity index (χ0) is 12.5. The Morgan fingerprint density at radius 1 is 1.11 bits per heavy atom. The lowest BCUT2D eigenvalue weighted by atomic mass is 9.81. The maximum absolute atomic E-state index is 3.84. The van der Waals surface area contributed by atoms with Gasteiger partial charge >= 0.3 is 0 Å². The summed E-state index contributed by atoms with van der Waals surface area (Å²) in [4.78, 5) is 2.90. The predicted octanol–water partition coefficient (Wildman–Crippen LogP) is 3.03. The second-order valence-electron chi connectivity index (χ2n) is 7.08. The van der Waals surface area contributed by atoms with Crippen LogP contribution < -0.4 is 5.32 Å². The molecule has 0 radical (unpaired) electrons. The van der Waals surface area contributed by atoms with Crippen LogP contribution in [0.2, 0.25) is 0 Å². The molecule has 3 aliphatic rings. The van der Waals surface area contributed by atoms with E-state index in [-0.39, 0.29) is 0 Å². The van der Waals surface area contributed by atoms with Crippen LogP contribution in [0.4, 0.5) is 0 Å². The third-order valence-electron chi connectivity index (χ3n) is 5.61. The van der Waals surface area contributed by atoms with Crippen molar-refractivity contribution in [2.45, 2.75) is 76.9 Å². The van der Waals surface area contributed by atoms with Crippen LogP contribution in [0.15, 0.2) is 0 Å². The molecule has 104 valence electrons. The molecule has 1 heterocycles. The number of nitrogens with zero attached hydrogens (tertiary/aromatic N) is 1. The Balaban J connectivity index is 1.65. The van der Waals surface area contributed by atoms with Gasteiger partial charge in [-0.3, -0.25) is 4.90 Å². The highest BCUT2D eigenvalue weighted by molar-refractivity contribution is 5.00. The van der Waals surface area contributed by atoms with Gasteiger partial charge < -0.3 is 5.32 Å². The molecule has 5 atom stereocenters. The van der Waals surface area contributed by atoms with Crippen LogP contribution in [-0.4, -0.2) is 36.1 Å². The molecule has 2 bridgehead atoms. The van der Waals surface area contributed by atoms with E-state index in [4.69, 9.17) is 0 Å². The van der Waals surface area contributed by atoms with E-state index in [1.807, 2.05) is 0 Å². The highest BCUT2D eigenvalue weighted by atomic mass is 15.2. The Hall–Kier alpha value is -0.0800. The molecule has 0 aromatic rings. The lowest BCUT2D eigenvalue weighted by Crippen LogP contribution is -2.55. The van der Waals surface area contributed by atoms with Crippen LogP contribution in [0.25, 0.3) is 0 Å². The average molecular weight is 250 g/mol. The smallest absolute Gasteiger partial charge is 0.0254 e. The summed E-state index contributed by atoms with van der Waals surface area (Å²) in [6, 6.07) is 2.56. The van der Waals surface area contributed by atoms with Crippen molar-refractivity contribution in [3.8, 4) is 0 Å². The molecule has 0 amide bonds. The van der Waals surface area contributed by atoms with Crippen molar-refractivity contribution in [1.29, 1.82) is 0 Å². The SMILES string of the molecule is CCCNC1CCC(C)CC1N1CC2CCC1C2. The monoisotopic (exact) mass is 250 g/mol. The van der Waals surface area contributed by atoms with Gasteiger partial charge in [-0.15, -0.1) is 0 Å². The first kappa shape index (κ1) is 12.9. The number of hydrogen-bond donors (Lipinski definition) is 1. The van der Waals surface area contributed by atoms with Gasteiger partial charge in [-0.1, -0.05) is 13.8 Å². The van der Waals surface area contributed by atoms with E-state index in [9.17, 15) is 0 Å². The minimum absolute atomic E-state index is 0.778. The van der Waals surface area contributed by atoms with Crippen molar-refractivity contribution in [3.05, 3.63) is 0 Å². The number of piperidine rings is 1. The molecule has 18 heavy (non-hydrogen) atoms. The normalized spacial score (nSPS) is 44.7. The first-order valence-corrected chi connectivity index (χ1v) is 8.27. The largest absolute Gasteiger partial charge is 0.312 e.